The van der Waals surface area contributed by atoms with Crippen molar-refractivity contribution >= 4 is 35.0 Å². The standard InChI is InChI=1S/C23H24Cl2N4O4/c1-2-15-5-7-16(8-6-15)23-26-22(33-29-23)12-11-21(31)28-27-20(30)4-3-13-32-19-10-9-17(24)14-18(19)25/h5-10,14H,2-4,11-13H2,1H3,(H,27,30)(H,28,31). The highest BCUT2D eigenvalue weighted by atomic mass is 35.5. The molecule has 2 N–H and O–H groups in total. The summed E-state index contributed by atoms with van der Waals surface area (Å²) in [5, 5.41) is 4.88. The Hall–Kier alpha value is -3.10. The van der Waals surface area contributed by atoms with Crippen LogP contribution in [0.5, 0.6) is 5.75 Å². The van der Waals surface area contributed by atoms with Crippen molar-refractivity contribution in [3.05, 3.63) is 64.0 Å². The van der Waals surface area contributed by atoms with Gasteiger partial charge in [0.25, 0.3) is 0 Å². The molecule has 0 radical (unpaired) electrons. The average Bonchev–Trinajstić information content (AvgIpc) is 3.29. The minimum atomic E-state index is -0.361. The molecule has 10 heteroatoms. The van der Waals surface area contributed by atoms with E-state index in [2.05, 4.69) is 27.9 Å². The Morgan fingerprint density at radius 2 is 1.76 bits per heavy atom. The van der Waals surface area contributed by atoms with Crippen LogP contribution in [-0.4, -0.2) is 28.6 Å². The fourth-order valence-electron chi connectivity index (χ4n) is 2.86. The first-order valence-electron chi connectivity index (χ1n) is 10.5. The second-order valence-electron chi connectivity index (χ2n) is 7.19. The van der Waals surface area contributed by atoms with Gasteiger partial charge in [-0.2, -0.15) is 4.98 Å². The van der Waals surface area contributed by atoms with Gasteiger partial charge in [-0.1, -0.05) is 59.5 Å². The lowest BCUT2D eigenvalue weighted by Gasteiger charge is -2.09. The third kappa shape index (κ3) is 7.76. The zero-order valence-electron chi connectivity index (χ0n) is 18.1. The number of carbonyl (C=O) groups is 2. The number of hydrogen-bond acceptors (Lipinski definition) is 6. The van der Waals surface area contributed by atoms with Gasteiger partial charge in [0, 0.05) is 29.8 Å². The minimum Gasteiger partial charge on any atom is -0.492 e. The first-order valence-corrected chi connectivity index (χ1v) is 11.3. The number of aromatic nitrogens is 2. The van der Waals surface area contributed by atoms with Gasteiger partial charge in [-0.3, -0.25) is 20.4 Å². The van der Waals surface area contributed by atoms with Crippen molar-refractivity contribution in [2.45, 2.75) is 39.0 Å². The van der Waals surface area contributed by atoms with Crippen LogP contribution in [0.15, 0.2) is 47.0 Å². The van der Waals surface area contributed by atoms with Crippen molar-refractivity contribution in [3.8, 4) is 17.1 Å². The molecular weight excluding hydrogens is 467 g/mol. The molecule has 2 amide bonds. The van der Waals surface area contributed by atoms with Crippen LogP contribution in [0.4, 0.5) is 0 Å². The van der Waals surface area contributed by atoms with E-state index in [1.807, 2.05) is 24.3 Å². The van der Waals surface area contributed by atoms with E-state index < -0.39 is 0 Å². The van der Waals surface area contributed by atoms with Gasteiger partial charge in [-0.15, -0.1) is 0 Å². The number of rotatable bonds is 10. The van der Waals surface area contributed by atoms with Crippen molar-refractivity contribution in [3.63, 3.8) is 0 Å². The maximum absolute atomic E-state index is 12.0. The van der Waals surface area contributed by atoms with E-state index in [0.717, 1.165) is 12.0 Å². The van der Waals surface area contributed by atoms with Crippen LogP contribution in [0.3, 0.4) is 0 Å². The van der Waals surface area contributed by atoms with Crippen LogP contribution in [0.1, 0.15) is 37.6 Å². The summed E-state index contributed by atoms with van der Waals surface area (Å²) in [5.41, 5.74) is 6.82. The zero-order valence-corrected chi connectivity index (χ0v) is 19.6. The number of halogens is 2. The van der Waals surface area contributed by atoms with Gasteiger partial charge in [0.1, 0.15) is 5.75 Å². The summed E-state index contributed by atoms with van der Waals surface area (Å²) in [6, 6.07) is 12.8. The summed E-state index contributed by atoms with van der Waals surface area (Å²) in [4.78, 5) is 28.2. The summed E-state index contributed by atoms with van der Waals surface area (Å²) in [6.07, 6.45) is 1.93. The largest absolute Gasteiger partial charge is 0.492 e. The Kier molecular flexibility index (Phi) is 9.09. The van der Waals surface area contributed by atoms with Crippen molar-refractivity contribution in [1.82, 2.24) is 21.0 Å². The summed E-state index contributed by atoms with van der Waals surface area (Å²) in [5.74, 6) is 0.633. The van der Waals surface area contributed by atoms with Crippen LogP contribution in [0, 0.1) is 0 Å². The highest BCUT2D eigenvalue weighted by molar-refractivity contribution is 6.35. The van der Waals surface area contributed by atoms with Crippen LogP contribution < -0.4 is 15.6 Å². The Bertz CT molecular complexity index is 1090. The monoisotopic (exact) mass is 490 g/mol. The quantitative estimate of drug-likeness (QED) is 0.319. The lowest BCUT2D eigenvalue weighted by atomic mass is 10.1. The molecule has 0 bridgehead atoms. The molecule has 33 heavy (non-hydrogen) atoms. The molecule has 0 saturated heterocycles. The van der Waals surface area contributed by atoms with Crippen LogP contribution >= 0.6 is 23.2 Å². The molecule has 1 aromatic heterocycles. The summed E-state index contributed by atoms with van der Waals surface area (Å²) < 4.78 is 10.7. The Morgan fingerprint density at radius 1 is 1.03 bits per heavy atom. The normalized spacial score (nSPS) is 10.6. The fraction of sp³-hybridized carbons (Fsp3) is 0.304. The number of hydrazine groups is 1. The van der Waals surface area contributed by atoms with E-state index in [1.54, 1.807) is 18.2 Å². The van der Waals surface area contributed by atoms with Gasteiger partial charge < -0.3 is 9.26 Å². The van der Waals surface area contributed by atoms with E-state index in [-0.39, 0.29) is 31.1 Å². The van der Waals surface area contributed by atoms with E-state index in [9.17, 15) is 9.59 Å². The summed E-state index contributed by atoms with van der Waals surface area (Å²) in [7, 11) is 0. The van der Waals surface area contributed by atoms with Gasteiger partial charge in [0.15, 0.2) is 0 Å². The number of benzene rings is 2. The molecule has 0 saturated carbocycles. The van der Waals surface area contributed by atoms with Crippen molar-refractivity contribution in [2.75, 3.05) is 6.61 Å². The lowest BCUT2D eigenvalue weighted by molar-refractivity contribution is -0.129. The van der Waals surface area contributed by atoms with Crippen molar-refractivity contribution < 1.29 is 18.8 Å². The number of amides is 2. The van der Waals surface area contributed by atoms with E-state index in [1.165, 1.54) is 5.56 Å². The third-order valence-electron chi connectivity index (χ3n) is 4.70. The predicted molar refractivity (Wildman–Crippen MR) is 125 cm³/mol. The van der Waals surface area contributed by atoms with Crippen LogP contribution in [0.2, 0.25) is 10.0 Å². The minimum absolute atomic E-state index is 0.0921. The van der Waals surface area contributed by atoms with E-state index >= 15 is 0 Å². The number of ether oxygens (including phenoxy) is 1. The molecule has 174 valence electrons. The SMILES string of the molecule is CCc1ccc(-c2noc(CCC(=O)NNC(=O)CCCOc3ccc(Cl)cc3Cl)n2)cc1. The van der Waals surface area contributed by atoms with E-state index in [0.29, 0.717) is 40.5 Å². The molecule has 3 rings (SSSR count). The maximum atomic E-state index is 12.0. The maximum Gasteiger partial charge on any atom is 0.238 e. The number of nitrogens with zero attached hydrogens (tertiary/aromatic N) is 2. The number of carbonyl (C=O) groups excluding carboxylic acids is 2. The van der Waals surface area contributed by atoms with Gasteiger partial charge in [0.2, 0.25) is 23.5 Å². The van der Waals surface area contributed by atoms with Crippen LogP contribution in [0.25, 0.3) is 11.4 Å². The highest BCUT2D eigenvalue weighted by Gasteiger charge is 2.11. The molecule has 0 aliphatic heterocycles. The predicted octanol–water partition coefficient (Wildman–Crippen LogP) is 4.55. The number of hydrogen-bond donors (Lipinski definition) is 2. The molecule has 0 aliphatic rings. The second kappa shape index (κ2) is 12.2. The Balaban J connectivity index is 1.32. The topological polar surface area (TPSA) is 106 Å². The molecule has 0 fully saturated rings. The molecule has 2 aromatic carbocycles. The molecule has 3 aromatic rings. The molecular formula is C23H24Cl2N4O4. The lowest BCUT2D eigenvalue weighted by Crippen LogP contribution is -2.41. The van der Waals surface area contributed by atoms with Gasteiger partial charge in [-0.05, 0) is 36.6 Å². The molecule has 0 unspecified atom stereocenters. The van der Waals surface area contributed by atoms with Gasteiger partial charge in [0.05, 0.1) is 11.6 Å². The van der Waals surface area contributed by atoms with E-state index in [4.69, 9.17) is 32.5 Å². The van der Waals surface area contributed by atoms with Gasteiger partial charge >= 0.3 is 0 Å². The molecule has 0 spiro atoms. The molecule has 8 nitrogen and oxygen atoms in total. The Morgan fingerprint density at radius 3 is 2.45 bits per heavy atom. The molecule has 1 heterocycles. The summed E-state index contributed by atoms with van der Waals surface area (Å²) >= 11 is 11.9. The number of aryl methyl sites for hydroxylation is 2. The second-order valence-corrected chi connectivity index (χ2v) is 8.03. The average molecular weight is 491 g/mol. The zero-order chi connectivity index (χ0) is 23.6. The highest BCUT2D eigenvalue weighted by Crippen LogP contribution is 2.27. The molecule has 0 aliphatic carbocycles. The van der Waals surface area contributed by atoms with Gasteiger partial charge in [-0.25, -0.2) is 0 Å². The Labute approximate surface area is 201 Å². The van der Waals surface area contributed by atoms with Crippen LogP contribution in [-0.2, 0) is 22.4 Å². The molecule has 0 atom stereocenters. The first kappa shape index (κ1) is 24.5. The van der Waals surface area contributed by atoms with Crippen molar-refractivity contribution in [2.24, 2.45) is 0 Å². The van der Waals surface area contributed by atoms with Crippen molar-refractivity contribution in [1.29, 1.82) is 0 Å². The third-order valence-corrected chi connectivity index (χ3v) is 5.23. The smallest absolute Gasteiger partial charge is 0.238 e. The number of nitrogens with one attached hydrogen (secondary N) is 2. The first-order chi connectivity index (χ1) is 15.9. The summed E-state index contributed by atoms with van der Waals surface area (Å²) in [6.45, 7) is 2.38. The fourth-order valence-corrected chi connectivity index (χ4v) is 3.32.